The molecule has 1 N–H and O–H groups in total. The van der Waals surface area contributed by atoms with Crippen LogP contribution < -0.4 is 5.32 Å². The summed E-state index contributed by atoms with van der Waals surface area (Å²) in [7, 11) is 0. The zero-order valence-electron chi connectivity index (χ0n) is 13.2. The summed E-state index contributed by atoms with van der Waals surface area (Å²) in [5, 5.41) is 3.57. The van der Waals surface area contributed by atoms with Gasteiger partial charge in [0, 0.05) is 47.0 Å². The number of thiophene rings is 1. The van der Waals surface area contributed by atoms with Crippen LogP contribution in [0.4, 0.5) is 5.69 Å². The minimum absolute atomic E-state index is 0.399. The van der Waals surface area contributed by atoms with Gasteiger partial charge in [-0.25, -0.2) is 0 Å². The fourth-order valence-electron chi connectivity index (χ4n) is 2.80. The number of hydrogen-bond donors (Lipinski definition) is 1. The van der Waals surface area contributed by atoms with Crippen LogP contribution in [0.3, 0.4) is 0 Å². The number of rotatable bonds is 5. The van der Waals surface area contributed by atoms with Crippen molar-refractivity contribution in [2.24, 2.45) is 0 Å². The number of aromatic nitrogens is 1. The van der Waals surface area contributed by atoms with Crippen LogP contribution in [0.25, 0.3) is 0 Å². The van der Waals surface area contributed by atoms with E-state index in [4.69, 9.17) is 4.74 Å². The van der Waals surface area contributed by atoms with Gasteiger partial charge in [-0.1, -0.05) is 0 Å². The van der Waals surface area contributed by atoms with Crippen molar-refractivity contribution in [3.63, 3.8) is 0 Å². The fourth-order valence-corrected chi connectivity index (χ4v) is 3.81. The van der Waals surface area contributed by atoms with Gasteiger partial charge < -0.3 is 10.1 Å². The SMILES string of the molecule is Cc1cc(NCC(c2ccc(C)s2)N2CCOCC2)ccn1. The Morgan fingerprint density at radius 1 is 1.27 bits per heavy atom. The summed E-state index contributed by atoms with van der Waals surface area (Å²) in [5.74, 6) is 0. The lowest BCUT2D eigenvalue weighted by Gasteiger charge is -2.34. The van der Waals surface area contributed by atoms with E-state index in [2.05, 4.69) is 40.3 Å². The van der Waals surface area contributed by atoms with Crippen LogP contribution in [-0.4, -0.2) is 42.7 Å². The smallest absolute Gasteiger partial charge is 0.0617 e. The first-order valence-corrected chi connectivity index (χ1v) is 8.59. The van der Waals surface area contributed by atoms with Crippen LogP contribution >= 0.6 is 11.3 Å². The Morgan fingerprint density at radius 2 is 2.09 bits per heavy atom. The molecule has 1 atom stereocenters. The molecule has 5 heteroatoms. The zero-order chi connectivity index (χ0) is 15.4. The highest BCUT2D eigenvalue weighted by Gasteiger charge is 2.23. The molecule has 1 unspecified atom stereocenters. The molecule has 2 aromatic rings. The third kappa shape index (κ3) is 3.85. The van der Waals surface area contributed by atoms with E-state index in [-0.39, 0.29) is 0 Å². The van der Waals surface area contributed by atoms with Crippen molar-refractivity contribution in [2.45, 2.75) is 19.9 Å². The van der Waals surface area contributed by atoms with Crippen molar-refractivity contribution in [1.29, 1.82) is 0 Å². The molecule has 3 heterocycles. The number of ether oxygens (including phenoxy) is 1. The first-order valence-electron chi connectivity index (χ1n) is 7.77. The Labute approximate surface area is 136 Å². The van der Waals surface area contributed by atoms with Gasteiger partial charge >= 0.3 is 0 Å². The number of nitrogens with zero attached hydrogens (tertiary/aromatic N) is 2. The second-order valence-electron chi connectivity index (χ2n) is 5.68. The van der Waals surface area contributed by atoms with Gasteiger partial charge in [0.2, 0.25) is 0 Å². The maximum atomic E-state index is 5.50. The molecule has 0 saturated carbocycles. The van der Waals surface area contributed by atoms with Crippen LogP contribution in [0.2, 0.25) is 0 Å². The maximum Gasteiger partial charge on any atom is 0.0617 e. The largest absolute Gasteiger partial charge is 0.383 e. The number of anilines is 1. The lowest BCUT2D eigenvalue weighted by atomic mass is 10.1. The maximum absolute atomic E-state index is 5.50. The molecule has 118 valence electrons. The quantitative estimate of drug-likeness (QED) is 0.918. The van der Waals surface area contributed by atoms with Gasteiger partial charge in [-0.2, -0.15) is 0 Å². The Balaban J connectivity index is 1.73. The monoisotopic (exact) mass is 317 g/mol. The third-order valence-corrected chi connectivity index (χ3v) is 5.07. The molecular weight excluding hydrogens is 294 g/mol. The summed E-state index contributed by atoms with van der Waals surface area (Å²) in [6.07, 6.45) is 1.86. The summed E-state index contributed by atoms with van der Waals surface area (Å²) in [4.78, 5) is 9.57. The minimum Gasteiger partial charge on any atom is -0.383 e. The molecule has 1 fully saturated rings. The number of aryl methyl sites for hydroxylation is 2. The average Bonchev–Trinajstić information content (AvgIpc) is 2.95. The molecule has 1 aliphatic heterocycles. The Bertz CT molecular complexity index is 607. The second kappa shape index (κ2) is 7.22. The lowest BCUT2D eigenvalue weighted by molar-refractivity contribution is 0.0194. The van der Waals surface area contributed by atoms with Crippen LogP contribution in [0, 0.1) is 13.8 Å². The highest BCUT2D eigenvalue weighted by atomic mass is 32.1. The molecule has 0 aromatic carbocycles. The molecule has 4 nitrogen and oxygen atoms in total. The Kier molecular flexibility index (Phi) is 5.08. The summed E-state index contributed by atoms with van der Waals surface area (Å²) in [6, 6.07) is 9.00. The van der Waals surface area contributed by atoms with E-state index in [1.807, 2.05) is 30.5 Å². The molecule has 22 heavy (non-hydrogen) atoms. The van der Waals surface area contributed by atoms with Gasteiger partial charge in [-0.3, -0.25) is 9.88 Å². The van der Waals surface area contributed by atoms with Crippen LogP contribution in [0.1, 0.15) is 21.5 Å². The number of morpholine rings is 1. The predicted octanol–water partition coefficient (Wildman–Crippen LogP) is 3.25. The molecule has 0 bridgehead atoms. The van der Waals surface area contributed by atoms with Gasteiger partial charge in [-0.05, 0) is 38.1 Å². The van der Waals surface area contributed by atoms with E-state index in [9.17, 15) is 0 Å². The van der Waals surface area contributed by atoms with Crippen LogP contribution in [-0.2, 0) is 4.74 Å². The van der Waals surface area contributed by atoms with Crippen molar-refractivity contribution < 1.29 is 4.74 Å². The van der Waals surface area contributed by atoms with E-state index in [1.54, 1.807) is 0 Å². The molecule has 0 radical (unpaired) electrons. The van der Waals surface area contributed by atoms with Crippen molar-refractivity contribution in [3.8, 4) is 0 Å². The summed E-state index contributed by atoms with van der Waals surface area (Å²) >= 11 is 1.89. The lowest BCUT2D eigenvalue weighted by Crippen LogP contribution is -2.41. The van der Waals surface area contributed by atoms with Crippen LogP contribution in [0.15, 0.2) is 30.5 Å². The Hall–Kier alpha value is -1.43. The minimum atomic E-state index is 0.399. The molecule has 0 aliphatic carbocycles. The molecule has 1 aliphatic rings. The number of pyridine rings is 1. The third-order valence-electron chi connectivity index (χ3n) is 3.97. The molecule has 0 spiro atoms. The summed E-state index contributed by atoms with van der Waals surface area (Å²) in [5.41, 5.74) is 2.18. The van der Waals surface area contributed by atoms with Crippen molar-refractivity contribution in [3.05, 3.63) is 45.9 Å². The zero-order valence-corrected chi connectivity index (χ0v) is 14.0. The highest BCUT2D eigenvalue weighted by Crippen LogP contribution is 2.28. The molecule has 1 saturated heterocycles. The average molecular weight is 317 g/mol. The normalized spacial score (nSPS) is 17.4. The first kappa shape index (κ1) is 15.5. The van der Waals surface area contributed by atoms with E-state index < -0.39 is 0 Å². The van der Waals surface area contributed by atoms with E-state index in [1.165, 1.54) is 9.75 Å². The van der Waals surface area contributed by atoms with Gasteiger partial charge in [0.25, 0.3) is 0 Å². The molecular formula is C17H23N3OS. The first-order chi connectivity index (χ1) is 10.7. The predicted molar refractivity (Wildman–Crippen MR) is 91.7 cm³/mol. The fraction of sp³-hybridized carbons (Fsp3) is 0.471. The molecule has 2 aromatic heterocycles. The van der Waals surface area contributed by atoms with Crippen molar-refractivity contribution >= 4 is 17.0 Å². The van der Waals surface area contributed by atoms with Crippen molar-refractivity contribution in [1.82, 2.24) is 9.88 Å². The standard InChI is InChI=1S/C17H23N3OS/c1-13-11-15(5-6-18-13)19-12-16(17-4-3-14(2)22-17)20-7-9-21-10-8-20/h3-6,11,16H,7-10,12H2,1-2H3,(H,18,19). The van der Waals surface area contributed by atoms with Gasteiger partial charge in [0.15, 0.2) is 0 Å². The molecule has 3 rings (SSSR count). The van der Waals surface area contributed by atoms with Crippen molar-refractivity contribution in [2.75, 3.05) is 38.2 Å². The van der Waals surface area contributed by atoms with Gasteiger partial charge in [0.1, 0.15) is 0 Å². The summed E-state index contributed by atoms with van der Waals surface area (Å²) < 4.78 is 5.50. The topological polar surface area (TPSA) is 37.4 Å². The summed E-state index contributed by atoms with van der Waals surface area (Å²) in [6.45, 7) is 8.75. The van der Waals surface area contributed by atoms with E-state index >= 15 is 0 Å². The van der Waals surface area contributed by atoms with Gasteiger partial charge in [-0.15, -0.1) is 11.3 Å². The number of nitrogens with one attached hydrogen (secondary N) is 1. The number of hydrogen-bond acceptors (Lipinski definition) is 5. The highest BCUT2D eigenvalue weighted by molar-refractivity contribution is 7.12. The van der Waals surface area contributed by atoms with Crippen LogP contribution in [0.5, 0.6) is 0 Å². The van der Waals surface area contributed by atoms with Gasteiger partial charge in [0.05, 0.1) is 19.3 Å². The van der Waals surface area contributed by atoms with E-state index in [0.717, 1.165) is 44.2 Å². The second-order valence-corrected chi connectivity index (χ2v) is 7.00. The van der Waals surface area contributed by atoms with E-state index in [0.29, 0.717) is 6.04 Å². The Morgan fingerprint density at radius 3 is 2.77 bits per heavy atom. The molecule has 0 amide bonds.